The fourth-order valence-corrected chi connectivity index (χ4v) is 2.43. The van der Waals surface area contributed by atoms with Gasteiger partial charge in [-0.05, 0) is 35.8 Å². The third-order valence-corrected chi connectivity index (χ3v) is 3.31. The summed E-state index contributed by atoms with van der Waals surface area (Å²) in [6, 6.07) is 8.78. The molecule has 0 saturated heterocycles. The highest BCUT2D eigenvalue weighted by molar-refractivity contribution is 5.21. The van der Waals surface area contributed by atoms with Gasteiger partial charge in [-0.25, -0.2) is 0 Å². The maximum absolute atomic E-state index is 9.03. The van der Waals surface area contributed by atoms with Crippen LogP contribution < -0.4 is 5.32 Å². The smallest absolute Gasteiger partial charge is 0.0681 e. The summed E-state index contributed by atoms with van der Waals surface area (Å²) in [5, 5.41) is 12.7. The van der Waals surface area contributed by atoms with Crippen LogP contribution in [0.4, 0.5) is 0 Å². The molecule has 0 heterocycles. The van der Waals surface area contributed by atoms with E-state index in [0.717, 1.165) is 23.9 Å². The molecule has 0 radical (unpaired) electrons. The molecule has 1 rings (SSSR count). The van der Waals surface area contributed by atoms with Crippen molar-refractivity contribution in [2.45, 2.75) is 59.7 Å². The molecule has 0 aliphatic heterocycles. The Morgan fingerprint density at radius 3 is 1.79 bits per heavy atom. The predicted molar refractivity (Wildman–Crippen MR) is 81.9 cm³/mol. The lowest BCUT2D eigenvalue weighted by Crippen LogP contribution is -2.31. The van der Waals surface area contributed by atoms with Gasteiger partial charge in [0.1, 0.15) is 0 Å². The van der Waals surface area contributed by atoms with Gasteiger partial charge in [-0.15, -0.1) is 0 Å². The van der Waals surface area contributed by atoms with Crippen LogP contribution in [0.5, 0.6) is 0 Å². The third-order valence-electron chi connectivity index (χ3n) is 3.31. The molecular weight excluding hydrogens is 234 g/mol. The molecule has 0 aliphatic carbocycles. The van der Waals surface area contributed by atoms with Crippen LogP contribution in [0.2, 0.25) is 0 Å². The lowest BCUT2D eigenvalue weighted by molar-refractivity contribution is 0.282. The molecule has 0 unspecified atom stereocenters. The molecule has 0 bridgehead atoms. The van der Waals surface area contributed by atoms with Crippen molar-refractivity contribution < 1.29 is 5.11 Å². The predicted octanol–water partition coefficient (Wildman–Crippen LogP) is 3.73. The summed E-state index contributed by atoms with van der Waals surface area (Å²) in [5.74, 6) is 1.46. The number of benzene rings is 1. The maximum atomic E-state index is 9.03. The lowest BCUT2D eigenvalue weighted by atomic mass is 9.95. The number of hydrogen-bond donors (Lipinski definition) is 2. The Hall–Kier alpha value is -0.860. The summed E-state index contributed by atoms with van der Waals surface area (Å²) in [5.41, 5.74) is 2.26. The molecule has 0 saturated carbocycles. The van der Waals surface area contributed by atoms with Crippen molar-refractivity contribution in [1.29, 1.82) is 0 Å². The highest BCUT2D eigenvalue weighted by Gasteiger charge is 2.12. The fraction of sp³-hybridized carbons (Fsp3) is 0.647. The number of rotatable bonds is 8. The van der Waals surface area contributed by atoms with Crippen molar-refractivity contribution >= 4 is 0 Å². The van der Waals surface area contributed by atoms with Gasteiger partial charge < -0.3 is 10.4 Å². The fourth-order valence-electron chi connectivity index (χ4n) is 2.43. The zero-order valence-corrected chi connectivity index (χ0v) is 12.8. The largest absolute Gasteiger partial charge is 0.392 e. The molecular formula is C17H29NO. The molecule has 0 spiro atoms. The monoisotopic (exact) mass is 263 g/mol. The van der Waals surface area contributed by atoms with E-state index in [1.807, 2.05) is 12.1 Å². The van der Waals surface area contributed by atoms with E-state index in [-0.39, 0.29) is 6.61 Å². The minimum absolute atomic E-state index is 0.122. The number of aliphatic hydroxyl groups excluding tert-OH is 1. The van der Waals surface area contributed by atoms with Crippen molar-refractivity contribution in [2.24, 2.45) is 11.8 Å². The Balaban J connectivity index is 2.49. The maximum Gasteiger partial charge on any atom is 0.0681 e. The van der Waals surface area contributed by atoms with Crippen molar-refractivity contribution in [3.8, 4) is 0 Å². The van der Waals surface area contributed by atoms with Crippen LogP contribution >= 0.6 is 0 Å². The topological polar surface area (TPSA) is 32.3 Å². The van der Waals surface area contributed by atoms with Crippen molar-refractivity contribution in [3.63, 3.8) is 0 Å². The number of nitrogens with one attached hydrogen (secondary N) is 1. The van der Waals surface area contributed by atoms with Gasteiger partial charge in [0.2, 0.25) is 0 Å². The molecule has 0 amide bonds. The molecule has 108 valence electrons. The van der Waals surface area contributed by atoms with Crippen LogP contribution in [0.3, 0.4) is 0 Å². The molecule has 0 fully saturated rings. The Labute approximate surface area is 118 Å². The van der Waals surface area contributed by atoms with Crippen LogP contribution in [0.1, 0.15) is 51.7 Å². The summed E-state index contributed by atoms with van der Waals surface area (Å²) in [4.78, 5) is 0. The molecule has 1 aromatic carbocycles. The summed E-state index contributed by atoms with van der Waals surface area (Å²) in [6.07, 6.45) is 2.46. The Morgan fingerprint density at radius 1 is 0.895 bits per heavy atom. The average Bonchev–Trinajstić information content (AvgIpc) is 2.35. The minimum Gasteiger partial charge on any atom is -0.392 e. The van der Waals surface area contributed by atoms with Gasteiger partial charge in [-0.2, -0.15) is 0 Å². The first-order chi connectivity index (χ1) is 9.01. The van der Waals surface area contributed by atoms with Gasteiger partial charge in [-0.1, -0.05) is 52.0 Å². The van der Waals surface area contributed by atoms with E-state index >= 15 is 0 Å². The first kappa shape index (κ1) is 16.2. The van der Waals surface area contributed by atoms with E-state index in [0.29, 0.717) is 6.04 Å². The van der Waals surface area contributed by atoms with Crippen LogP contribution in [0.15, 0.2) is 24.3 Å². The minimum atomic E-state index is 0.122. The Morgan fingerprint density at radius 2 is 1.37 bits per heavy atom. The molecule has 2 nitrogen and oxygen atoms in total. The van der Waals surface area contributed by atoms with E-state index in [9.17, 15) is 0 Å². The number of hydrogen-bond acceptors (Lipinski definition) is 2. The lowest BCUT2D eigenvalue weighted by Gasteiger charge is -2.22. The summed E-state index contributed by atoms with van der Waals surface area (Å²) in [7, 11) is 0. The van der Waals surface area contributed by atoms with Gasteiger partial charge in [0, 0.05) is 12.6 Å². The van der Waals surface area contributed by atoms with Crippen LogP contribution in [0.25, 0.3) is 0 Å². The van der Waals surface area contributed by atoms with Crippen LogP contribution in [-0.4, -0.2) is 11.1 Å². The molecule has 0 aliphatic rings. The van der Waals surface area contributed by atoms with E-state index < -0.39 is 0 Å². The second-order valence-corrected chi connectivity index (χ2v) is 6.31. The van der Waals surface area contributed by atoms with E-state index in [2.05, 4.69) is 45.1 Å². The van der Waals surface area contributed by atoms with E-state index in [1.54, 1.807) is 0 Å². The highest BCUT2D eigenvalue weighted by Crippen LogP contribution is 2.14. The van der Waals surface area contributed by atoms with E-state index in [1.165, 1.54) is 18.4 Å². The molecule has 0 atom stereocenters. The zero-order chi connectivity index (χ0) is 14.3. The standard InChI is InChI=1S/C17H29NO/c1-13(2)9-17(10-14(3)4)18-11-15-5-7-16(12-19)8-6-15/h5-8,13-14,17-19H,9-12H2,1-4H3. The van der Waals surface area contributed by atoms with Gasteiger partial charge in [-0.3, -0.25) is 0 Å². The first-order valence-electron chi connectivity index (χ1n) is 7.43. The Kier molecular flexibility index (Phi) is 7.11. The molecule has 19 heavy (non-hydrogen) atoms. The molecule has 1 aromatic rings. The summed E-state index contributed by atoms with van der Waals surface area (Å²) in [6.45, 7) is 10.2. The van der Waals surface area contributed by atoms with Gasteiger partial charge in [0.15, 0.2) is 0 Å². The summed E-state index contributed by atoms with van der Waals surface area (Å²) >= 11 is 0. The van der Waals surface area contributed by atoms with Crippen LogP contribution in [0, 0.1) is 11.8 Å². The quantitative estimate of drug-likeness (QED) is 0.749. The third kappa shape index (κ3) is 6.74. The van der Waals surface area contributed by atoms with Crippen molar-refractivity contribution in [3.05, 3.63) is 35.4 Å². The second-order valence-electron chi connectivity index (χ2n) is 6.31. The number of aliphatic hydroxyl groups is 1. The first-order valence-corrected chi connectivity index (χ1v) is 7.43. The second kappa shape index (κ2) is 8.34. The summed E-state index contributed by atoms with van der Waals surface area (Å²) < 4.78 is 0. The van der Waals surface area contributed by atoms with Crippen LogP contribution in [-0.2, 0) is 13.2 Å². The van der Waals surface area contributed by atoms with E-state index in [4.69, 9.17) is 5.11 Å². The highest BCUT2D eigenvalue weighted by atomic mass is 16.3. The van der Waals surface area contributed by atoms with Gasteiger partial charge in [0.05, 0.1) is 6.61 Å². The van der Waals surface area contributed by atoms with Crippen molar-refractivity contribution in [1.82, 2.24) is 5.32 Å². The molecule has 0 aromatic heterocycles. The van der Waals surface area contributed by atoms with Gasteiger partial charge in [0.25, 0.3) is 0 Å². The average molecular weight is 263 g/mol. The van der Waals surface area contributed by atoms with Gasteiger partial charge >= 0.3 is 0 Å². The Bertz CT molecular complexity index is 333. The van der Waals surface area contributed by atoms with Crippen molar-refractivity contribution in [2.75, 3.05) is 0 Å². The molecule has 2 heteroatoms. The molecule has 2 N–H and O–H groups in total. The zero-order valence-electron chi connectivity index (χ0n) is 12.8. The SMILES string of the molecule is CC(C)CC(CC(C)C)NCc1ccc(CO)cc1. The normalized spacial score (nSPS) is 11.8.